The highest BCUT2D eigenvalue weighted by atomic mass is 16.5. The van der Waals surface area contributed by atoms with Gasteiger partial charge in [-0.25, -0.2) is 0 Å². The Bertz CT molecular complexity index is 245. The van der Waals surface area contributed by atoms with Gasteiger partial charge < -0.3 is 10.5 Å². The summed E-state index contributed by atoms with van der Waals surface area (Å²) in [4.78, 5) is 0. The third kappa shape index (κ3) is 3.16. The molecule has 1 rings (SSSR count). The molecule has 1 aromatic rings. The Hall–Kier alpha value is -0.870. The highest BCUT2D eigenvalue weighted by Gasteiger charge is 2.01. The summed E-state index contributed by atoms with van der Waals surface area (Å²) >= 11 is 0. The normalized spacial score (nSPS) is 11.1. The van der Waals surface area contributed by atoms with E-state index in [-0.39, 0.29) is 0 Å². The molecule has 0 saturated carbocycles. The van der Waals surface area contributed by atoms with Gasteiger partial charge in [-0.15, -0.1) is 0 Å². The van der Waals surface area contributed by atoms with Crippen LogP contribution in [-0.2, 0) is 11.3 Å². The Balaban J connectivity index is 2.40. The molecule has 0 unspecified atom stereocenters. The van der Waals surface area contributed by atoms with Crippen LogP contribution in [0, 0.1) is 0 Å². The fourth-order valence-electron chi connectivity index (χ4n) is 1.00. The predicted octanol–water partition coefficient (Wildman–Crippen LogP) is 0.939. The van der Waals surface area contributed by atoms with Crippen molar-refractivity contribution in [2.75, 3.05) is 13.2 Å². The number of hydrogen-bond acceptors (Lipinski definition) is 3. The molecule has 4 heteroatoms. The number of aromatic nitrogens is 2. The Kier molecular flexibility index (Phi) is 3.92. The SMILES string of the molecule is CC(C)n1ccc(COCCN)n1. The molecule has 0 atom stereocenters. The molecular formula is C9H17N3O. The maximum Gasteiger partial charge on any atom is 0.0907 e. The van der Waals surface area contributed by atoms with E-state index in [2.05, 4.69) is 18.9 Å². The van der Waals surface area contributed by atoms with E-state index in [4.69, 9.17) is 10.5 Å². The first-order valence-corrected chi connectivity index (χ1v) is 4.56. The Morgan fingerprint density at radius 1 is 1.62 bits per heavy atom. The highest BCUT2D eigenvalue weighted by Crippen LogP contribution is 2.04. The smallest absolute Gasteiger partial charge is 0.0907 e. The fourth-order valence-corrected chi connectivity index (χ4v) is 1.00. The molecule has 0 fully saturated rings. The van der Waals surface area contributed by atoms with Gasteiger partial charge in [0.25, 0.3) is 0 Å². The van der Waals surface area contributed by atoms with Crippen molar-refractivity contribution >= 4 is 0 Å². The summed E-state index contributed by atoms with van der Waals surface area (Å²) in [6, 6.07) is 2.37. The summed E-state index contributed by atoms with van der Waals surface area (Å²) in [5.41, 5.74) is 6.26. The summed E-state index contributed by atoms with van der Waals surface area (Å²) in [6.45, 7) is 5.89. The minimum Gasteiger partial charge on any atom is -0.374 e. The highest BCUT2D eigenvalue weighted by molar-refractivity contribution is 4.97. The third-order valence-electron chi connectivity index (χ3n) is 1.70. The molecule has 0 aliphatic heterocycles. The first-order valence-electron chi connectivity index (χ1n) is 4.56. The summed E-state index contributed by atoms with van der Waals surface area (Å²) < 4.78 is 7.18. The van der Waals surface area contributed by atoms with Crippen molar-refractivity contribution in [3.63, 3.8) is 0 Å². The lowest BCUT2D eigenvalue weighted by Crippen LogP contribution is -2.08. The van der Waals surface area contributed by atoms with Crippen LogP contribution >= 0.6 is 0 Å². The first kappa shape index (κ1) is 10.2. The monoisotopic (exact) mass is 183 g/mol. The van der Waals surface area contributed by atoms with Crippen LogP contribution in [0.4, 0.5) is 0 Å². The lowest BCUT2D eigenvalue weighted by molar-refractivity contribution is 0.125. The minimum atomic E-state index is 0.406. The van der Waals surface area contributed by atoms with Crippen molar-refractivity contribution in [2.45, 2.75) is 26.5 Å². The number of nitrogens with zero attached hydrogens (tertiary/aromatic N) is 2. The van der Waals surface area contributed by atoms with Gasteiger partial charge in [-0.05, 0) is 19.9 Å². The summed E-state index contributed by atoms with van der Waals surface area (Å²) in [7, 11) is 0. The average molecular weight is 183 g/mol. The molecule has 74 valence electrons. The van der Waals surface area contributed by atoms with Crippen LogP contribution in [0.1, 0.15) is 25.6 Å². The van der Waals surface area contributed by atoms with Crippen LogP contribution in [0.3, 0.4) is 0 Å². The number of ether oxygens (including phenoxy) is 1. The molecule has 0 aromatic carbocycles. The first-order chi connectivity index (χ1) is 6.24. The number of nitrogens with two attached hydrogens (primary N) is 1. The molecule has 0 spiro atoms. The zero-order valence-electron chi connectivity index (χ0n) is 8.23. The van der Waals surface area contributed by atoms with Gasteiger partial charge in [-0.2, -0.15) is 5.10 Å². The summed E-state index contributed by atoms with van der Waals surface area (Å²) in [6.07, 6.45) is 1.96. The molecule has 1 heterocycles. The second kappa shape index (κ2) is 4.99. The Labute approximate surface area is 78.7 Å². The fraction of sp³-hybridized carbons (Fsp3) is 0.667. The van der Waals surface area contributed by atoms with Crippen molar-refractivity contribution in [1.29, 1.82) is 0 Å². The maximum absolute atomic E-state index is 5.30. The van der Waals surface area contributed by atoms with Crippen LogP contribution in [0.2, 0.25) is 0 Å². The van der Waals surface area contributed by atoms with E-state index in [0.29, 0.717) is 25.8 Å². The molecule has 0 aliphatic carbocycles. The largest absolute Gasteiger partial charge is 0.374 e. The predicted molar refractivity (Wildman–Crippen MR) is 51.3 cm³/mol. The van der Waals surface area contributed by atoms with Crippen LogP contribution in [-0.4, -0.2) is 22.9 Å². The van der Waals surface area contributed by atoms with E-state index < -0.39 is 0 Å². The molecule has 13 heavy (non-hydrogen) atoms. The number of rotatable bonds is 5. The van der Waals surface area contributed by atoms with Crippen molar-refractivity contribution in [1.82, 2.24) is 9.78 Å². The second-order valence-corrected chi connectivity index (χ2v) is 3.22. The molecule has 2 N–H and O–H groups in total. The number of hydrogen-bond donors (Lipinski definition) is 1. The van der Waals surface area contributed by atoms with Gasteiger partial charge in [0.2, 0.25) is 0 Å². The molecular weight excluding hydrogens is 166 g/mol. The van der Waals surface area contributed by atoms with E-state index in [1.165, 1.54) is 0 Å². The van der Waals surface area contributed by atoms with Gasteiger partial charge in [0.05, 0.1) is 18.9 Å². The van der Waals surface area contributed by atoms with Gasteiger partial charge in [0, 0.05) is 18.8 Å². The topological polar surface area (TPSA) is 53.1 Å². The van der Waals surface area contributed by atoms with E-state index in [1.54, 1.807) is 0 Å². The van der Waals surface area contributed by atoms with Gasteiger partial charge in [0.15, 0.2) is 0 Å². The molecule has 0 amide bonds. The zero-order chi connectivity index (χ0) is 9.68. The van der Waals surface area contributed by atoms with Crippen LogP contribution in [0.5, 0.6) is 0 Å². The van der Waals surface area contributed by atoms with E-state index in [1.807, 2.05) is 16.9 Å². The van der Waals surface area contributed by atoms with Gasteiger partial charge in [0.1, 0.15) is 0 Å². The summed E-state index contributed by atoms with van der Waals surface area (Å²) in [5.74, 6) is 0. The second-order valence-electron chi connectivity index (χ2n) is 3.22. The maximum atomic E-state index is 5.30. The van der Waals surface area contributed by atoms with Crippen LogP contribution < -0.4 is 5.73 Å². The van der Waals surface area contributed by atoms with Gasteiger partial charge in [-0.1, -0.05) is 0 Å². The summed E-state index contributed by atoms with van der Waals surface area (Å²) in [5, 5.41) is 4.33. The molecule has 0 radical (unpaired) electrons. The quantitative estimate of drug-likeness (QED) is 0.691. The van der Waals surface area contributed by atoms with Gasteiger partial charge in [-0.3, -0.25) is 4.68 Å². The Morgan fingerprint density at radius 2 is 2.38 bits per heavy atom. The molecule has 0 saturated heterocycles. The molecule has 1 aromatic heterocycles. The lowest BCUT2D eigenvalue weighted by Gasteiger charge is -2.03. The van der Waals surface area contributed by atoms with Crippen molar-refractivity contribution in [3.8, 4) is 0 Å². The lowest BCUT2D eigenvalue weighted by atomic mass is 10.4. The van der Waals surface area contributed by atoms with E-state index in [0.717, 1.165) is 5.69 Å². The van der Waals surface area contributed by atoms with E-state index >= 15 is 0 Å². The Morgan fingerprint density at radius 3 is 2.92 bits per heavy atom. The molecule has 0 aliphatic rings. The minimum absolute atomic E-state index is 0.406. The van der Waals surface area contributed by atoms with Crippen molar-refractivity contribution < 1.29 is 4.74 Å². The van der Waals surface area contributed by atoms with Crippen molar-refractivity contribution in [3.05, 3.63) is 18.0 Å². The van der Waals surface area contributed by atoms with E-state index in [9.17, 15) is 0 Å². The van der Waals surface area contributed by atoms with Crippen molar-refractivity contribution in [2.24, 2.45) is 5.73 Å². The van der Waals surface area contributed by atoms with Crippen LogP contribution in [0.15, 0.2) is 12.3 Å². The zero-order valence-corrected chi connectivity index (χ0v) is 8.23. The standard InChI is InChI=1S/C9H17N3O/c1-8(2)12-5-3-9(11-12)7-13-6-4-10/h3,5,8H,4,6-7,10H2,1-2H3. The third-order valence-corrected chi connectivity index (χ3v) is 1.70. The average Bonchev–Trinajstić information content (AvgIpc) is 2.53. The molecule has 4 nitrogen and oxygen atoms in total. The molecule has 0 bridgehead atoms. The van der Waals surface area contributed by atoms with Gasteiger partial charge >= 0.3 is 0 Å². The van der Waals surface area contributed by atoms with Crippen LogP contribution in [0.25, 0.3) is 0 Å².